The Morgan fingerprint density at radius 2 is 1.53 bits per heavy atom. The van der Waals surface area contributed by atoms with Crippen LogP contribution in [0, 0.1) is 0 Å². The predicted molar refractivity (Wildman–Crippen MR) is 119 cm³/mol. The first-order valence-corrected chi connectivity index (χ1v) is 21.5. The molecule has 0 bridgehead atoms. The fourth-order valence-electron chi connectivity index (χ4n) is 1.13. The molecule has 0 amide bonds. The van der Waals surface area contributed by atoms with E-state index in [0.29, 0.717) is 13.4 Å². The van der Waals surface area contributed by atoms with Crippen molar-refractivity contribution in [2.24, 2.45) is 0 Å². The Kier molecular flexibility index (Phi) is 22.9. The number of aliphatic carboxylic acids is 1. The summed E-state index contributed by atoms with van der Waals surface area (Å²) >= 11 is 0. The van der Waals surface area contributed by atoms with Gasteiger partial charge in [-0.1, -0.05) is 40.6 Å². The molecule has 0 aliphatic carbocycles. The zero-order valence-corrected chi connectivity index (χ0v) is 20.8. The maximum absolute atomic E-state index is 10.0. The molecule has 2 nitrogen and oxygen atoms in total. The zero-order chi connectivity index (χ0) is 15.3. The van der Waals surface area contributed by atoms with Gasteiger partial charge < -0.3 is 5.11 Å². The minimum absolute atomic E-state index is 0.173. The van der Waals surface area contributed by atoms with Gasteiger partial charge in [0.1, 0.15) is 0 Å². The highest BCUT2D eigenvalue weighted by atomic mass is 33.2. The molecular weight excluding hydrogens is 407 g/mol. The maximum Gasteiger partial charge on any atom is 0.303 e. The number of carboxylic acids is 1. The summed E-state index contributed by atoms with van der Waals surface area (Å²) in [5.41, 5.74) is 0. The van der Waals surface area contributed by atoms with Gasteiger partial charge in [0.25, 0.3) is 0 Å². The first-order valence-electron chi connectivity index (χ1n) is 5.93. The van der Waals surface area contributed by atoms with E-state index in [1.165, 1.54) is 19.3 Å². The van der Waals surface area contributed by atoms with Crippen molar-refractivity contribution in [1.82, 2.24) is 0 Å². The third-order valence-electron chi connectivity index (χ3n) is 2.05. The summed E-state index contributed by atoms with van der Waals surface area (Å²) in [7, 11) is 15.6. The van der Waals surface area contributed by atoms with Crippen LogP contribution in [0.3, 0.4) is 0 Å². The third kappa shape index (κ3) is 19.3. The van der Waals surface area contributed by atoms with Gasteiger partial charge in [0.05, 0.1) is 0 Å². The molecule has 0 aliphatic rings. The van der Waals surface area contributed by atoms with E-state index in [0.717, 1.165) is 20.8 Å². The van der Waals surface area contributed by atoms with Crippen LogP contribution in [-0.2, 0) is 4.79 Å². The molecule has 0 saturated carbocycles. The molecule has 116 valence electrons. The Bertz CT molecular complexity index is 206. The van der Waals surface area contributed by atoms with Crippen molar-refractivity contribution >= 4 is 79.5 Å². The Balaban J connectivity index is 0. The largest absolute Gasteiger partial charge is 0.481 e. The molecule has 6 atom stereocenters. The van der Waals surface area contributed by atoms with Gasteiger partial charge in [-0.15, -0.1) is 44.6 Å². The molecule has 0 aromatic heterocycles. The Hall–Kier alpha value is 3.34. The maximum atomic E-state index is 10.0. The summed E-state index contributed by atoms with van der Waals surface area (Å²) in [6, 6.07) is 0. The van der Waals surface area contributed by atoms with Gasteiger partial charge in [0, 0.05) is 6.42 Å². The third-order valence-corrected chi connectivity index (χ3v) is 46.3. The fraction of sp³-hybridized carbons (Fsp3) is 0.875. The van der Waals surface area contributed by atoms with Gasteiger partial charge in [-0.2, -0.15) is 0 Å². The number of unbranched alkanes of at least 4 members (excludes halogenated alkanes) is 4. The first-order chi connectivity index (χ1) is 8.86. The average Bonchev–Trinajstić information content (AvgIpc) is 2.29. The van der Waals surface area contributed by atoms with Crippen LogP contribution >= 0.6 is 73.6 Å². The molecule has 6 unspecified atom stereocenters. The minimum Gasteiger partial charge on any atom is -0.481 e. The Morgan fingerprint density at radius 1 is 1.05 bits per heavy atom. The lowest BCUT2D eigenvalue weighted by Crippen LogP contribution is -1.93. The van der Waals surface area contributed by atoms with Gasteiger partial charge >= 0.3 is 5.97 Å². The summed E-state index contributed by atoms with van der Waals surface area (Å²) in [6.07, 6.45) is 5.88. The quantitative estimate of drug-likeness (QED) is 0.307. The van der Waals surface area contributed by atoms with Crippen molar-refractivity contribution in [2.45, 2.75) is 45.4 Å². The van der Waals surface area contributed by atoms with E-state index < -0.39 is 5.97 Å². The van der Waals surface area contributed by atoms with E-state index in [-0.39, 0.29) is 14.0 Å². The van der Waals surface area contributed by atoms with Crippen LogP contribution in [0.25, 0.3) is 0 Å². The highest BCUT2D eigenvalue weighted by molar-refractivity contribution is 9.10. The van der Waals surface area contributed by atoms with Crippen LogP contribution in [0.15, 0.2) is 0 Å². The van der Waals surface area contributed by atoms with Gasteiger partial charge in [0.15, 0.2) is 0 Å². The molecule has 0 fully saturated rings. The fourth-order valence-corrected chi connectivity index (χ4v) is 62.3. The predicted octanol–water partition coefficient (Wildman–Crippen LogP) is 7.24. The van der Waals surface area contributed by atoms with Crippen molar-refractivity contribution in [3.05, 3.63) is 0 Å². The standard InChI is InChI=1S/C8H16O2.H11P9/c1-2-3-4-5-6-7-8(9)10;1-6-9(7(2)3)8(4)5/h2-7H2,1H3,(H,9,10);6H,1-5H2. The monoisotopic (exact) mass is 434 g/mol. The topological polar surface area (TPSA) is 37.3 Å². The lowest BCUT2D eigenvalue weighted by atomic mass is 10.1. The van der Waals surface area contributed by atoms with Gasteiger partial charge in [-0.05, 0) is 27.4 Å². The number of hydrogen-bond donors (Lipinski definition) is 1. The number of rotatable bonds is 9. The molecule has 0 spiro atoms. The van der Waals surface area contributed by atoms with E-state index in [4.69, 9.17) is 5.11 Å². The Morgan fingerprint density at radius 3 is 1.79 bits per heavy atom. The Labute approximate surface area is 134 Å². The van der Waals surface area contributed by atoms with Crippen molar-refractivity contribution in [3.63, 3.8) is 0 Å². The summed E-state index contributed by atoms with van der Waals surface area (Å²) in [6.45, 7) is 2.79. The van der Waals surface area contributed by atoms with E-state index in [9.17, 15) is 4.79 Å². The number of carboxylic acid groups (broad SMARTS) is 1. The molecule has 11 heteroatoms. The van der Waals surface area contributed by atoms with E-state index in [1.807, 2.05) is 0 Å². The minimum atomic E-state index is -0.670. The van der Waals surface area contributed by atoms with Crippen LogP contribution in [0.2, 0.25) is 0 Å². The number of carbonyl (C=O) groups is 1. The molecule has 19 heavy (non-hydrogen) atoms. The van der Waals surface area contributed by atoms with Crippen molar-refractivity contribution in [2.75, 3.05) is 0 Å². The molecule has 0 aromatic rings. The van der Waals surface area contributed by atoms with E-state index >= 15 is 0 Å². The lowest BCUT2D eigenvalue weighted by molar-refractivity contribution is -0.137. The summed E-state index contributed by atoms with van der Waals surface area (Å²) in [5.74, 6) is -0.670. The number of hydrogen-bond acceptors (Lipinski definition) is 1. The molecule has 1 N–H and O–H groups in total. The zero-order valence-electron chi connectivity index (χ0n) is 11.3. The van der Waals surface area contributed by atoms with Crippen molar-refractivity contribution < 1.29 is 9.90 Å². The highest BCUT2D eigenvalue weighted by Gasteiger charge is 2.14. The van der Waals surface area contributed by atoms with Gasteiger partial charge in [-0.3, -0.25) is 4.79 Å². The average molecular weight is 434 g/mol. The van der Waals surface area contributed by atoms with Gasteiger partial charge in [-0.25, -0.2) is 0 Å². The molecule has 0 rings (SSSR count). The van der Waals surface area contributed by atoms with Crippen LogP contribution in [0.5, 0.6) is 0 Å². The second-order valence-corrected chi connectivity index (χ2v) is 34.4. The first kappa shape index (κ1) is 24.6. The van der Waals surface area contributed by atoms with Crippen LogP contribution in [0.4, 0.5) is 0 Å². The molecule has 0 radical (unpaired) electrons. The summed E-state index contributed by atoms with van der Waals surface area (Å²) in [5, 5.41) is 8.27. The second-order valence-electron chi connectivity index (χ2n) is 3.74. The van der Waals surface area contributed by atoms with Crippen molar-refractivity contribution in [3.8, 4) is 0 Å². The summed E-state index contributed by atoms with van der Waals surface area (Å²) < 4.78 is 0. The summed E-state index contributed by atoms with van der Waals surface area (Å²) in [4.78, 5) is 10.0. The SMILES string of the molecule is CCCCCCCC(=O)O.PPP(P(P)P)P(P)P. The van der Waals surface area contributed by atoms with Crippen LogP contribution in [-0.4, -0.2) is 11.1 Å². The molecule has 0 heterocycles. The second kappa shape index (κ2) is 17.7. The smallest absolute Gasteiger partial charge is 0.303 e. The molecule has 0 saturated heterocycles. The van der Waals surface area contributed by atoms with Crippen LogP contribution < -0.4 is 0 Å². The molecule has 0 aliphatic heterocycles. The van der Waals surface area contributed by atoms with Crippen LogP contribution in [0.1, 0.15) is 45.4 Å². The highest BCUT2D eigenvalue weighted by Crippen LogP contribution is 3.04. The molecular formula is C8H27O2P9. The lowest BCUT2D eigenvalue weighted by Gasteiger charge is -2.22. The molecule has 0 aromatic carbocycles. The van der Waals surface area contributed by atoms with E-state index in [1.54, 1.807) is 0 Å². The van der Waals surface area contributed by atoms with Crippen molar-refractivity contribution in [1.29, 1.82) is 0 Å². The normalized spacial score (nSPS) is 11.4. The van der Waals surface area contributed by atoms with E-state index in [2.05, 4.69) is 51.6 Å². The van der Waals surface area contributed by atoms with Gasteiger partial charge in [0.2, 0.25) is 0 Å².